The molecule has 0 bridgehead atoms. The number of nitrogens with one attached hydrogen (secondary N) is 1. The Kier molecular flexibility index (Phi) is 7.65. The lowest BCUT2D eigenvalue weighted by Crippen LogP contribution is -2.34. The Labute approximate surface area is 167 Å². The molecule has 0 atom stereocenters. The molecule has 0 saturated carbocycles. The number of nitriles is 1. The van der Waals surface area contributed by atoms with E-state index in [0.29, 0.717) is 17.9 Å². The van der Waals surface area contributed by atoms with Crippen LogP contribution in [0.25, 0.3) is 5.69 Å². The van der Waals surface area contributed by atoms with E-state index in [4.69, 9.17) is 4.74 Å². The van der Waals surface area contributed by atoms with Crippen molar-refractivity contribution >= 4 is 11.7 Å². The van der Waals surface area contributed by atoms with Crippen molar-refractivity contribution in [2.24, 2.45) is 0 Å². The maximum atomic E-state index is 12.7. The van der Waals surface area contributed by atoms with Crippen LogP contribution in [0.4, 0.5) is 5.82 Å². The van der Waals surface area contributed by atoms with Gasteiger partial charge in [-0.3, -0.25) is 14.3 Å². The summed E-state index contributed by atoms with van der Waals surface area (Å²) in [6.45, 7) is 10.1. The van der Waals surface area contributed by atoms with Crippen LogP contribution in [0, 0.1) is 25.2 Å². The van der Waals surface area contributed by atoms with E-state index >= 15 is 0 Å². The van der Waals surface area contributed by atoms with Crippen molar-refractivity contribution in [3.8, 4) is 17.5 Å². The highest BCUT2D eigenvalue weighted by Gasteiger charge is 2.21. The van der Waals surface area contributed by atoms with Crippen LogP contribution < -0.4 is 10.1 Å². The van der Waals surface area contributed by atoms with Gasteiger partial charge in [0.2, 0.25) is 5.91 Å². The van der Waals surface area contributed by atoms with E-state index in [1.165, 1.54) is 0 Å². The standard InChI is InChI=1S/C22H30N4O2/c1-6-8-13-25(7-2)15-21(27)24-22-20(14-23)16(3)17(4)26(22)18-9-11-19(28-5)12-10-18/h9-12H,6-8,13,15H2,1-5H3,(H,24,27). The second-order valence-corrected chi connectivity index (χ2v) is 6.85. The Bertz CT molecular complexity index is 847. The van der Waals surface area contributed by atoms with Gasteiger partial charge in [-0.2, -0.15) is 5.26 Å². The minimum absolute atomic E-state index is 0.110. The van der Waals surface area contributed by atoms with Crippen LogP contribution in [-0.2, 0) is 4.79 Å². The molecule has 2 rings (SSSR count). The summed E-state index contributed by atoms with van der Waals surface area (Å²) in [7, 11) is 1.62. The monoisotopic (exact) mass is 382 g/mol. The number of nitrogens with zero attached hydrogens (tertiary/aromatic N) is 3. The zero-order valence-corrected chi connectivity index (χ0v) is 17.5. The number of carbonyl (C=O) groups is 1. The Morgan fingerprint density at radius 1 is 1.25 bits per heavy atom. The van der Waals surface area contributed by atoms with Gasteiger partial charge in [0, 0.05) is 11.4 Å². The predicted molar refractivity (Wildman–Crippen MR) is 112 cm³/mol. The van der Waals surface area contributed by atoms with E-state index in [1.807, 2.05) is 42.7 Å². The first-order valence-electron chi connectivity index (χ1n) is 9.75. The SMILES string of the molecule is CCCCN(CC)CC(=O)Nc1c(C#N)c(C)c(C)n1-c1ccc(OC)cc1. The van der Waals surface area contributed by atoms with Gasteiger partial charge in [-0.1, -0.05) is 20.3 Å². The summed E-state index contributed by atoms with van der Waals surface area (Å²) in [6.07, 6.45) is 2.15. The zero-order chi connectivity index (χ0) is 20.7. The molecule has 28 heavy (non-hydrogen) atoms. The first kappa shape index (κ1) is 21.5. The molecule has 0 saturated heterocycles. The molecule has 0 radical (unpaired) electrons. The minimum Gasteiger partial charge on any atom is -0.497 e. The summed E-state index contributed by atoms with van der Waals surface area (Å²) in [5.74, 6) is 1.17. The molecule has 1 N–H and O–H groups in total. The topological polar surface area (TPSA) is 70.3 Å². The predicted octanol–water partition coefficient (Wildman–Crippen LogP) is 4.03. The molecule has 1 aromatic carbocycles. The lowest BCUT2D eigenvalue weighted by Gasteiger charge is -2.20. The van der Waals surface area contributed by atoms with Crippen LogP contribution in [0.1, 0.15) is 43.5 Å². The van der Waals surface area contributed by atoms with Crippen LogP contribution in [-0.4, -0.2) is 42.1 Å². The van der Waals surface area contributed by atoms with E-state index in [1.54, 1.807) is 7.11 Å². The van der Waals surface area contributed by atoms with Gasteiger partial charge in [0.15, 0.2) is 0 Å². The average molecular weight is 383 g/mol. The molecule has 2 aromatic rings. The lowest BCUT2D eigenvalue weighted by molar-refractivity contribution is -0.117. The molecule has 0 aliphatic carbocycles. The molecule has 0 aliphatic heterocycles. The van der Waals surface area contributed by atoms with Gasteiger partial charge in [0.25, 0.3) is 0 Å². The highest BCUT2D eigenvalue weighted by molar-refractivity contribution is 5.93. The van der Waals surface area contributed by atoms with Gasteiger partial charge in [-0.15, -0.1) is 0 Å². The van der Waals surface area contributed by atoms with Crippen LogP contribution >= 0.6 is 0 Å². The molecular weight excluding hydrogens is 352 g/mol. The molecule has 0 unspecified atom stereocenters. The molecule has 6 nitrogen and oxygen atoms in total. The normalized spacial score (nSPS) is 10.8. The molecule has 6 heteroatoms. The quantitative estimate of drug-likeness (QED) is 0.711. The van der Waals surface area contributed by atoms with E-state index < -0.39 is 0 Å². The molecule has 0 fully saturated rings. The van der Waals surface area contributed by atoms with Crippen LogP contribution in [0.2, 0.25) is 0 Å². The van der Waals surface area contributed by atoms with Crippen molar-refractivity contribution in [2.45, 2.75) is 40.5 Å². The number of aromatic nitrogens is 1. The summed E-state index contributed by atoms with van der Waals surface area (Å²) in [6, 6.07) is 9.82. The van der Waals surface area contributed by atoms with Crippen molar-refractivity contribution in [1.29, 1.82) is 5.26 Å². The van der Waals surface area contributed by atoms with Crippen molar-refractivity contribution < 1.29 is 9.53 Å². The molecule has 1 heterocycles. The second kappa shape index (κ2) is 9.95. The number of hydrogen-bond donors (Lipinski definition) is 1. The summed E-state index contributed by atoms with van der Waals surface area (Å²) in [5, 5.41) is 12.7. The van der Waals surface area contributed by atoms with Crippen LogP contribution in [0.15, 0.2) is 24.3 Å². The average Bonchev–Trinajstić information content (AvgIpc) is 2.94. The Morgan fingerprint density at radius 2 is 1.93 bits per heavy atom. The molecule has 150 valence electrons. The van der Waals surface area contributed by atoms with Gasteiger partial charge in [-0.05, 0) is 63.2 Å². The number of ether oxygens (including phenoxy) is 1. The van der Waals surface area contributed by atoms with Gasteiger partial charge in [0.05, 0.1) is 19.2 Å². The smallest absolute Gasteiger partial charge is 0.239 e. The summed E-state index contributed by atoms with van der Waals surface area (Å²) in [5.41, 5.74) is 3.16. The number of methoxy groups -OCH3 is 1. The van der Waals surface area contributed by atoms with Crippen molar-refractivity contribution in [3.63, 3.8) is 0 Å². The Hall–Kier alpha value is -2.78. The number of likely N-dealkylation sites (N-methyl/N-ethyl adjacent to an activating group) is 1. The fourth-order valence-electron chi connectivity index (χ4n) is 3.22. The first-order chi connectivity index (χ1) is 13.5. The number of hydrogen-bond acceptors (Lipinski definition) is 4. The fraction of sp³-hybridized carbons (Fsp3) is 0.455. The maximum Gasteiger partial charge on any atom is 0.239 e. The van der Waals surface area contributed by atoms with Gasteiger partial charge < -0.3 is 10.1 Å². The van der Waals surface area contributed by atoms with Crippen LogP contribution in [0.3, 0.4) is 0 Å². The maximum absolute atomic E-state index is 12.7. The number of rotatable bonds is 9. The van der Waals surface area contributed by atoms with Gasteiger partial charge >= 0.3 is 0 Å². The van der Waals surface area contributed by atoms with E-state index in [2.05, 4.69) is 30.1 Å². The molecule has 0 spiro atoms. The Morgan fingerprint density at radius 3 is 2.46 bits per heavy atom. The second-order valence-electron chi connectivity index (χ2n) is 6.85. The van der Waals surface area contributed by atoms with Crippen molar-refractivity contribution in [3.05, 3.63) is 41.1 Å². The third kappa shape index (κ3) is 4.73. The van der Waals surface area contributed by atoms with E-state index in [0.717, 1.165) is 48.6 Å². The Balaban J connectivity index is 2.35. The molecule has 1 aromatic heterocycles. The third-order valence-electron chi connectivity index (χ3n) is 5.06. The highest BCUT2D eigenvalue weighted by Crippen LogP contribution is 2.30. The first-order valence-corrected chi connectivity index (χ1v) is 9.75. The molecule has 1 amide bonds. The summed E-state index contributed by atoms with van der Waals surface area (Å²) in [4.78, 5) is 14.8. The van der Waals surface area contributed by atoms with E-state index in [9.17, 15) is 10.1 Å². The van der Waals surface area contributed by atoms with Gasteiger partial charge in [-0.25, -0.2) is 0 Å². The van der Waals surface area contributed by atoms with Gasteiger partial charge in [0.1, 0.15) is 17.6 Å². The van der Waals surface area contributed by atoms with Crippen LogP contribution in [0.5, 0.6) is 5.75 Å². The molecular formula is C22H30N4O2. The minimum atomic E-state index is -0.110. The zero-order valence-electron chi connectivity index (χ0n) is 17.5. The summed E-state index contributed by atoms with van der Waals surface area (Å²) < 4.78 is 7.16. The molecule has 0 aliphatic rings. The van der Waals surface area contributed by atoms with E-state index in [-0.39, 0.29) is 5.91 Å². The number of anilines is 1. The largest absolute Gasteiger partial charge is 0.497 e. The number of carbonyl (C=O) groups excluding carboxylic acids is 1. The summed E-state index contributed by atoms with van der Waals surface area (Å²) >= 11 is 0. The number of unbranched alkanes of at least 4 members (excludes halogenated alkanes) is 1. The van der Waals surface area contributed by atoms with Crippen molar-refractivity contribution in [1.82, 2.24) is 9.47 Å². The third-order valence-corrected chi connectivity index (χ3v) is 5.06. The lowest BCUT2D eigenvalue weighted by atomic mass is 10.2. The number of amides is 1. The number of benzene rings is 1. The fourth-order valence-corrected chi connectivity index (χ4v) is 3.22. The highest BCUT2D eigenvalue weighted by atomic mass is 16.5. The van der Waals surface area contributed by atoms with Crippen molar-refractivity contribution in [2.75, 3.05) is 32.1 Å².